The van der Waals surface area contributed by atoms with Gasteiger partial charge < -0.3 is 19.5 Å². The molecule has 0 radical (unpaired) electrons. The smallest absolute Gasteiger partial charge is 0.331 e. The third kappa shape index (κ3) is 4.22. The van der Waals surface area contributed by atoms with Crippen LogP contribution in [0.1, 0.15) is 18.1 Å². The number of ether oxygens (including phenoxy) is 3. The van der Waals surface area contributed by atoms with Crippen molar-refractivity contribution in [1.82, 2.24) is 0 Å². The van der Waals surface area contributed by atoms with Gasteiger partial charge in [0.1, 0.15) is 0 Å². The zero-order valence-electron chi connectivity index (χ0n) is 14.5. The zero-order chi connectivity index (χ0) is 18.5. The number of rotatable bonds is 5. The predicted molar refractivity (Wildman–Crippen MR) is 97.0 cm³/mol. The van der Waals surface area contributed by atoms with Gasteiger partial charge in [0.25, 0.3) is 5.91 Å². The number of amides is 1. The maximum Gasteiger partial charge on any atom is 0.331 e. The molecule has 0 saturated carbocycles. The van der Waals surface area contributed by atoms with Crippen LogP contribution in [0, 0.1) is 6.92 Å². The Labute approximate surface area is 151 Å². The molecule has 1 aliphatic heterocycles. The van der Waals surface area contributed by atoms with Crippen LogP contribution in [0.2, 0.25) is 0 Å². The maximum atomic E-state index is 12.2. The summed E-state index contributed by atoms with van der Waals surface area (Å²) < 4.78 is 15.6. The van der Waals surface area contributed by atoms with Crippen molar-refractivity contribution in [3.8, 4) is 11.5 Å². The topological polar surface area (TPSA) is 73.9 Å². The minimum Gasteiger partial charge on any atom is -0.454 e. The lowest BCUT2D eigenvalue weighted by molar-refractivity contribution is -0.148. The first-order chi connectivity index (χ1) is 12.5. The van der Waals surface area contributed by atoms with E-state index in [0.29, 0.717) is 17.2 Å². The first kappa shape index (κ1) is 17.5. The minimum absolute atomic E-state index is 0.161. The van der Waals surface area contributed by atoms with Crippen molar-refractivity contribution in [2.45, 2.75) is 20.0 Å². The second kappa shape index (κ2) is 7.74. The fourth-order valence-electron chi connectivity index (χ4n) is 2.42. The molecule has 0 aromatic heterocycles. The molecule has 26 heavy (non-hydrogen) atoms. The fourth-order valence-corrected chi connectivity index (χ4v) is 2.42. The molecular formula is C20H19NO5. The summed E-state index contributed by atoms with van der Waals surface area (Å²) in [5, 5.41) is 2.68. The first-order valence-electron chi connectivity index (χ1n) is 8.18. The van der Waals surface area contributed by atoms with Gasteiger partial charge in [0, 0.05) is 17.8 Å². The van der Waals surface area contributed by atoms with E-state index in [-0.39, 0.29) is 6.79 Å². The molecule has 0 bridgehead atoms. The summed E-state index contributed by atoms with van der Waals surface area (Å²) in [4.78, 5) is 24.1. The molecule has 3 rings (SSSR count). The van der Waals surface area contributed by atoms with E-state index in [9.17, 15) is 9.59 Å². The van der Waals surface area contributed by atoms with Crippen molar-refractivity contribution in [1.29, 1.82) is 0 Å². The van der Waals surface area contributed by atoms with Gasteiger partial charge in [-0.3, -0.25) is 4.79 Å². The van der Waals surface area contributed by atoms with Crippen LogP contribution in [-0.2, 0) is 14.3 Å². The average molecular weight is 353 g/mol. The highest BCUT2D eigenvalue weighted by atomic mass is 16.7. The third-order valence-electron chi connectivity index (χ3n) is 3.89. The van der Waals surface area contributed by atoms with Gasteiger partial charge in [-0.05, 0) is 43.2 Å². The van der Waals surface area contributed by atoms with Gasteiger partial charge in [-0.1, -0.05) is 24.3 Å². The standard InChI is InChI=1S/C20H19NO5/c1-13-5-3-4-6-15(13)7-10-19(22)26-14(2)20(23)21-16-8-9-17-18(11-16)25-12-24-17/h3-11,14H,12H2,1-2H3,(H,21,23)/b10-7+/t14-/m1/s1. The molecule has 1 N–H and O–H groups in total. The van der Waals surface area contributed by atoms with E-state index in [1.54, 1.807) is 24.3 Å². The minimum atomic E-state index is -0.936. The number of hydrogen-bond acceptors (Lipinski definition) is 5. The molecule has 0 unspecified atom stereocenters. The van der Waals surface area contributed by atoms with Gasteiger partial charge in [-0.25, -0.2) is 4.79 Å². The summed E-state index contributed by atoms with van der Waals surface area (Å²) in [6.45, 7) is 3.63. The van der Waals surface area contributed by atoms with Crippen LogP contribution in [-0.4, -0.2) is 24.8 Å². The number of nitrogens with one attached hydrogen (secondary N) is 1. The van der Waals surface area contributed by atoms with Gasteiger partial charge >= 0.3 is 5.97 Å². The molecule has 0 saturated heterocycles. The Hall–Kier alpha value is -3.28. The van der Waals surface area contributed by atoms with E-state index in [1.807, 2.05) is 31.2 Å². The summed E-state index contributed by atoms with van der Waals surface area (Å²) in [5.74, 6) is 0.181. The van der Waals surface area contributed by atoms with E-state index in [1.165, 1.54) is 13.0 Å². The number of carbonyl (C=O) groups excluding carboxylic acids is 2. The Morgan fingerprint density at radius 1 is 1.15 bits per heavy atom. The molecule has 0 fully saturated rings. The van der Waals surface area contributed by atoms with E-state index >= 15 is 0 Å². The van der Waals surface area contributed by atoms with E-state index in [2.05, 4.69) is 5.32 Å². The van der Waals surface area contributed by atoms with Crippen LogP contribution < -0.4 is 14.8 Å². The lowest BCUT2D eigenvalue weighted by atomic mass is 10.1. The molecule has 6 heteroatoms. The van der Waals surface area contributed by atoms with Crippen molar-refractivity contribution in [3.05, 3.63) is 59.7 Å². The Morgan fingerprint density at radius 2 is 1.92 bits per heavy atom. The van der Waals surface area contributed by atoms with Crippen LogP contribution >= 0.6 is 0 Å². The molecule has 1 heterocycles. The van der Waals surface area contributed by atoms with Crippen LogP contribution in [0.5, 0.6) is 11.5 Å². The molecule has 6 nitrogen and oxygen atoms in total. The summed E-state index contributed by atoms with van der Waals surface area (Å²) in [6.07, 6.45) is 2.04. The van der Waals surface area contributed by atoms with Crippen molar-refractivity contribution >= 4 is 23.6 Å². The van der Waals surface area contributed by atoms with Gasteiger partial charge in [0.15, 0.2) is 17.6 Å². The highest BCUT2D eigenvalue weighted by Gasteiger charge is 2.19. The van der Waals surface area contributed by atoms with Gasteiger partial charge in [0.05, 0.1) is 0 Å². The Balaban J connectivity index is 1.55. The number of anilines is 1. The zero-order valence-corrected chi connectivity index (χ0v) is 14.5. The van der Waals surface area contributed by atoms with Crippen LogP contribution in [0.4, 0.5) is 5.69 Å². The van der Waals surface area contributed by atoms with Crippen LogP contribution in [0.25, 0.3) is 6.08 Å². The summed E-state index contributed by atoms with van der Waals surface area (Å²) in [6, 6.07) is 12.7. The van der Waals surface area contributed by atoms with Crippen LogP contribution in [0.15, 0.2) is 48.5 Å². The van der Waals surface area contributed by atoms with Gasteiger partial charge in [0.2, 0.25) is 6.79 Å². The molecule has 1 atom stereocenters. The Morgan fingerprint density at radius 3 is 2.73 bits per heavy atom. The first-order valence-corrected chi connectivity index (χ1v) is 8.18. The average Bonchev–Trinajstić information content (AvgIpc) is 3.08. The highest BCUT2D eigenvalue weighted by Crippen LogP contribution is 2.34. The highest BCUT2D eigenvalue weighted by molar-refractivity contribution is 5.96. The van der Waals surface area contributed by atoms with Crippen molar-refractivity contribution in [3.63, 3.8) is 0 Å². The normalized spacial score (nSPS) is 13.5. The van der Waals surface area contributed by atoms with E-state index in [0.717, 1.165) is 11.1 Å². The number of carbonyl (C=O) groups is 2. The number of benzene rings is 2. The molecule has 2 aromatic carbocycles. The van der Waals surface area contributed by atoms with Crippen molar-refractivity contribution in [2.24, 2.45) is 0 Å². The van der Waals surface area contributed by atoms with Gasteiger partial charge in [-0.2, -0.15) is 0 Å². The molecule has 2 aromatic rings. The quantitative estimate of drug-likeness (QED) is 0.659. The SMILES string of the molecule is Cc1ccccc1/C=C/C(=O)O[C@H](C)C(=O)Nc1ccc2c(c1)OCO2. The molecule has 1 amide bonds. The molecule has 0 aliphatic carbocycles. The Kier molecular flexibility index (Phi) is 5.22. The lowest BCUT2D eigenvalue weighted by Gasteiger charge is -2.12. The molecular weight excluding hydrogens is 334 g/mol. The van der Waals surface area contributed by atoms with Crippen molar-refractivity contribution in [2.75, 3.05) is 12.1 Å². The third-order valence-corrected chi connectivity index (χ3v) is 3.89. The van der Waals surface area contributed by atoms with Crippen molar-refractivity contribution < 1.29 is 23.8 Å². The Bertz CT molecular complexity index is 859. The van der Waals surface area contributed by atoms with Crippen LogP contribution in [0.3, 0.4) is 0 Å². The summed E-state index contributed by atoms with van der Waals surface area (Å²) >= 11 is 0. The summed E-state index contributed by atoms with van der Waals surface area (Å²) in [5.41, 5.74) is 2.50. The fraction of sp³-hybridized carbons (Fsp3) is 0.200. The lowest BCUT2D eigenvalue weighted by Crippen LogP contribution is -2.29. The second-order valence-electron chi connectivity index (χ2n) is 5.83. The second-order valence-corrected chi connectivity index (χ2v) is 5.83. The van der Waals surface area contributed by atoms with E-state index < -0.39 is 18.0 Å². The number of aryl methyl sites for hydroxylation is 1. The molecule has 1 aliphatic rings. The number of esters is 1. The van der Waals surface area contributed by atoms with E-state index in [4.69, 9.17) is 14.2 Å². The molecule has 0 spiro atoms. The summed E-state index contributed by atoms with van der Waals surface area (Å²) in [7, 11) is 0. The predicted octanol–water partition coefficient (Wildman–Crippen LogP) is 3.31. The monoisotopic (exact) mass is 353 g/mol. The molecule has 134 valence electrons. The van der Waals surface area contributed by atoms with Gasteiger partial charge in [-0.15, -0.1) is 0 Å². The maximum absolute atomic E-state index is 12.2. The number of hydrogen-bond donors (Lipinski definition) is 1. The number of fused-ring (bicyclic) bond motifs is 1. The largest absolute Gasteiger partial charge is 0.454 e.